The summed E-state index contributed by atoms with van der Waals surface area (Å²) in [7, 11) is -2.17. The SMILES string of the molecule is OB(O)O.[BaH+].[OH-].[PbH2]. The molecule has 0 aromatic rings. The summed E-state index contributed by atoms with van der Waals surface area (Å²) in [4.78, 5) is 0. The molecule has 7 heavy (non-hydrogen) atoms. The predicted octanol–water partition coefficient (Wildman–Crippen LogP) is -3.79. The van der Waals surface area contributed by atoms with Crippen molar-refractivity contribution < 1.29 is 20.5 Å². The molecular weight excluding hydrogens is 419 g/mol. The zero-order valence-electron chi connectivity index (χ0n) is 4.07. The van der Waals surface area contributed by atoms with Gasteiger partial charge in [0.1, 0.15) is 0 Å². The Balaban J connectivity index is -0.0000000150. The maximum absolute atomic E-state index is 7.17. The first-order valence-electron chi connectivity index (χ1n) is 0.775. The Morgan fingerprint density at radius 3 is 1.00 bits per heavy atom. The topological polar surface area (TPSA) is 90.7 Å². The van der Waals surface area contributed by atoms with Gasteiger partial charge in [-0.05, 0) is 0 Å². The van der Waals surface area contributed by atoms with Gasteiger partial charge in [-0.3, -0.25) is 0 Å². The van der Waals surface area contributed by atoms with Gasteiger partial charge in [-0.25, -0.2) is 0 Å². The Morgan fingerprint density at radius 1 is 1.00 bits per heavy atom. The third-order valence-electron chi connectivity index (χ3n) is 0. The summed E-state index contributed by atoms with van der Waals surface area (Å²) in [6, 6.07) is 0. The summed E-state index contributed by atoms with van der Waals surface area (Å²) in [6.45, 7) is 0. The molecule has 0 fully saturated rings. The van der Waals surface area contributed by atoms with Crippen LogP contribution in [0, 0.1) is 0 Å². The third kappa shape index (κ3) is 59.8. The summed E-state index contributed by atoms with van der Waals surface area (Å²) >= 11 is 0. The minimum atomic E-state index is -2.17. The van der Waals surface area contributed by atoms with E-state index in [-0.39, 0.29) is 81.7 Å². The van der Waals surface area contributed by atoms with Crippen molar-refractivity contribution in [2.24, 2.45) is 0 Å². The molecule has 0 aliphatic rings. The van der Waals surface area contributed by atoms with Gasteiger partial charge in [-0.15, -0.1) is 0 Å². The Bertz CT molecular complexity index is 16.4. The molecule has 0 aromatic heterocycles. The fraction of sp³-hybridized carbons (Fsp3) is 0. The van der Waals surface area contributed by atoms with Crippen LogP contribution in [0.2, 0.25) is 0 Å². The standard InChI is InChI=1S/BH3O3.Ba.H2O.Pb.3H/c2-1(3)4;;;;;;/h2-4H;;1H2;;;;/q;+1;;;;;/p-1. The molecule has 0 amide bonds. The van der Waals surface area contributed by atoms with Gasteiger partial charge in [-0.2, -0.15) is 0 Å². The minimum absolute atomic E-state index is 0. The molecule has 0 rings (SSSR count). The Hall–Kier alpha value is 2.40. The molecule has 0 heterocycles. The fourth-order valence-corrected chi connectivity index (χ4v) is 0. The van der Waals surface area contributed by atoms with Crippen molar-refractivity contribution in [3.8, 4) is 0 Å². The van der Waals surface area contributed by atoms with Crippen molar-refractivity contribution >= 4 is 83.5 Å². The molecule has 0 saturated carbocycles. The van der Waals surface area contributed by atoms with Crippen LogP contribution in [0.1, 0.15) is 0 Å². The second kappa shape index (κ2) is 15.8. The van der Waals surface area contributed by atoms with Crippen LogP contribution >= 0.6 is 0 Å². The van der Waals surface area contributed by atoms with Gasteiger partial charge in [0, 0.05) is 0 Å². The van der Waals surface area contributed by atoms with E-state index in [0.717, 1.165) is 0 Å². The van der Waals surface area contributed by atoms with Gasteiger partial charge in [0.05, 0.1) is 0 Å². The van der Waals surface area contributed by atoms with E-state index < -0.39 is 7.32 Å². The van der Waals surface area contributed by atoms with Crippen LogP contribution in [0.25, 0.3) is 0 Å². The van der Waals surface area contributed by atoms with Crippen molar-refractivity contribution in [1.82, 2.24) is 0 Å². The molecule has 7 heteroatoms. The van der Waals surface area contributed by atoms with E-state index in [0.29, 0.717) is 0 Å². The molecule has 0 aliphatic heterocycles. The van der Waals surface area contributed by atoms with Crippen molar-refractivity contribution in [2.75, 3.05) is 0 Å². The molecule has 0 bridgehead atoms. The first-order valence-corrected chi connectivity index (χ1v) is 0.775. The molecule has 40 valence electrons. The van der Waals surface area contributed by atoms with Gasteiger partial charge in [0.25, 0.3) is 0 Å². The summed E-state index contributed by atoms with van der Waals surface area (Å²) in [5.41, 5.74) is 0. The molecule has 0 unspecified atom stereocenters. The van der Waals surface area contributed by atoms with Gasteiger partial charge in [0.15, 0.2) is 0 Å². The monoisotopic (exact) mass is 428 g/mol. The van der Waals surface area contributed by atoms with Crippen molar-refractivity contribution in [2.45, 2.75) is 0 Å². The molecule has 4 nitrogen and oxygen atoms in total. The molecular formula is H7BBaO4Pb. The summed E-state index contributed by atoms with van der Waals surface area (Å²) in [6.07, 6.45) is 0. The number of hydrogen-bond donors (Lipinski definition) is 3. The van der Waals surface area contributed by atoms with Crippen LogP contribution in [-0.4, -0.2) is 104 Å². The van der Waals surface area contributed by atoms with Gasteiger partial charge < -0.3 is 20.5 Å². The van der Waals surface area contributed by atoms with Gasteiger partial charge >= 0.3 is 83.5 Å². The van der Waals surface area contributed by atoms with Crippen LogP contribution in [0.4, 0.5) is 0 Å². The molecule has 0 saturated heterocycles. The number of hydrogen-bond acceptors (Lipinski definition) is 4. The normalized spacial score (nSPS) is 3.86. The predicted molar refractivity (Wildman–Crippen MR) is 30.0 cm³/mol. The van der Waals surface area contributed by atoms with Crippen LogP contribution in [-0.2, 0) is 0 Å². The summed E-state index contributed by atoms with van der Waals surface area (Å²) in [5.74, 6) is 0. The second-order valence-corrected chi connectivity index (χ2v) is 0.346. The summed E-state index contributed by atoms with van der Waals surface area (Å²) < 4.78 is 0. The van der Waals surface area contributed by atoms with Crippen LogP contribution in [0.3, 0.4) is 0 Å². The van der Waals surface area contributed by atoms with E-state index in [2.05, 4.69) is 0 Å². The van der Waals surface area contributed by atoms with Crippen molar-refractivity contribution in [3.63, 3.8) is 0 Å². The third-order valence-corrected chi connectivity index (χ3v) is 0. The Kier molecular flexibility index (Phi) is 51.3. The molecule has 0 spiro atoms. The van der Waals surface area contributed by atoms with E-state index in [1.54, 1.807) is 0 Å². The molecule has 4 N–H and O–H groups in total. The van der Waals surface area contributed by atoms with Crippen molar-refractivity contribution in [3.05, 3.63) is 0 Å². The average Bonchev–Trinajstić information content (AvgIpc) is 0.811. The zero-order valence-corrected chi connectivity index (χ0v) is 15.9. The fourth-order valence-electron chi connectivity index (χ4n) is 0. The number of rotatable bonds is 0. The van der Waals surface area contributed by atoms with Crippen LogP contribution < -0.4 is 0 Å². The molecule has 0 atom stereocenters. The van der Waals surface area contributed by atoms with Crippen LogP contribution in [0.15, 0.2) is 0 Å². The van der Waals surface area contributed by atoms with E-state index in [1.807, 2.05) is 0 Å². The maximum atomic E-state index is 7.17. The van der Waals surface area contributed by atoms with E-state index in [9.17, 15) is 0 Å². The average molecular weight is 426 g/mol. The molecule has 0 aromatic carbocycles. The first kappa shape index (κ1) is 22.7. The van der Waals surface area contributed by atoms with Crippen molar-refractivity contribution in [1.29, 1.82) is 0 Å². The summed E-state index contributed by atoms with van der Waals surface area (Å²) in [5, 5.41) is 21.5. The van der Waals surface area contributed by atoms with E-state index in [1.165, 1.54) is 0 Å². The van der Waals surface area contributed by atoms with Gasteiger partial charge in [0.2, 0.25) is 0 Å². The zero-order chi connectivity index (χ0) is 3.58. The van der Waals surface area contributed by atoms with E-state index in [4.69, 9.17) is 15.1 Å². The van der Waals surface area contributed by atoms with E-state index >= 15 is 0 Å². The van der Waals surface area contributed by atoms with Crippen LogP contribution in [0.5, 0.6) is 0 Å². The van der Waals surface area contributed by atoms with Gasteiger partial charge in [-0.1, -0.05) is 0 Å². The molecule has 2 radical (unpaired) electrons. The Labute approximate surface area is 102 Å². The molecule has 0 aliphatic carbocycles. The quantitative estimate of drug-likeness (QED) is 0.347. The second-order valence-electron chi connectivity index (χ2n) is 0.346. The first-order chi connectivity index (χ1) is 1.73. The Morgan fingerprint density at radius 2 is 1.00 bits per heavy atom.